The Morgan fingerprint density at radius 1 is 1.33 bits per heavy atom. The van der Waals surface area contributed by atoms with Crippen LogP contribution in [0.3, 0.4) is 0 Å². The summed E-state index contributed by atoms with van der Waals surface area (Å²) in [5.41, 5.74) is 9.00. The molecule has 21 heavy (non-hydrogen) atoms. The third-order valence-electron chi connectivity index (χ3n) is 3.12. The molecule has 1 aromatic carbocycles. The summed E-state index contributed by atoms with van der Waals surface area (Å²) in [6.07, 6.45) is 0. The van der Waals surface area contributed by atoms with Crippen LogP contribution < -0.4 is 11.1 Å². The van der Waals surface area contributed by atoms with Gasteiger partial charge in [-0.15, -0.1) is 11.3 Å². The lowest BCUT2D eigenvalue weighted by Gasteiger charge is -2.07. The van der Waals surface area contributed by atoms with E-state index < -0.39 is 0 Å². The molecule has 0 atom stereocenters. The van der Waals surface area contributed by atoms with Crippen molar-refractivity contribution in [3.8, 4) is 11.8 Å². The van der Waals surface area contributed by atoms with Gasteiger partial charge in [0.05, 0.1) is 18.7 Å². The molecule has 0 bridgehead atoms. The summed E-state index contributed by atoms with van der Waals surface area (Å²) in [5, 5.41) is 4.98. The van der Waals surface area contributed by atoms with E-state index in [1.165, 1.54) is 10.4 Å². The molecule has 0 radical (unpaired) electrons. The first-order valence-electron chi connectivity index (χ1n) is 6.72. The van der Waals surface area contributed by atoms with E-state index in [0.717, 1.165) is 11.1 Å². The van der Waals surface area contributed by atoms with Gasteiger partial charge in [-0.25, -0.2) is 0 Å². The topological polar surface area (TPSA) is 55.1 Å². The Balaban J connectivity index is 2.17. The Bertz CT molecular complexity index is 707. The Morgan fingerprint density at radius 2 is 2.14 bits per heavy atom. The Morgan fingerprint density at radius 3 is 2.81 bits per heavy atom. The fourth-order valence-electron chi connectivity index (χ4n) is 1.95. The molecule has 0 saturated carbocycles. The van der Waals surface area contributed by atoms with Crippen LogP contribution in [0, 0.1) is 25.7 Å². The first kappa shape index (κ1) is 15.3. The molecule has 0 aliphatic heterocycles. The zero-order chi connectivity index (χ0) is 15.2. The van der Waals surface area contributed by atoms with E-state index in [1.54, 1.807) is 11.3 Å². The van der Waals surface area contributed by atoms with Crippen LogP contribution in [0.1, 0.15) is 31.9 Å². The molecule has 0 unspecified atom stereocenters. The minimum absolute atomic E-state index is 0.107. The van der Waals surface area contributed by atoms with Crippen molar-refractivity contribution in [1.29, 1.82) is 0 Å². The number of amides is 1. The van der Waals surface area contributed by atoms with Gasteiger partial charge < -0.3 is 11.1 Å². The number of thiophene rings is 1. The molecule has 0 aliphatic carbocycles. The van der Waals surface area contributed by atoms with Crippen molar-refractivity contribution in [3.63, 3.8) is 0 Å². The fraction of sp³-hybridized carbons (Fsp3) is 0.235. The maximum atomic E-state index is 12.3. The predicted octanol–water partition coefficient (Wildman–Crippen LogP) is 2.61. The van der Waals surface area contributed by atoms with Gasteiger partial charge in [0.2, 0.25) is 0 Å². The third-order valence-corrected chi connectivity index (χ3v) is 4.15. The van der Waals surface area contributed by atoms with Gasteiger partial charge in [0.25, 0.3) is 5.91 Å². The molecule has 1 aromatic heterocycles. The number of nitrogens with two attached hydrogens (primary N) is 1. The van der Waals surface area contributed by atoms with E-state index in [-0.39, 0.29) is 12.5 Å². The van der Waals surface area contributed by atoms with Crippen LogP contribution in [0.15, 0.2) is 29.6 Å². The summed E-state index contributed by atoms with van der Waals surface area (Å²) in [6.45, 7) is 4.84. The zero-order valence-corrected chi connectivity index (χ0v) is 13.0. The number of nitrogens with one attached hydrogen (secondary N) is 1. The summed E-state index contributed by atoms with van der Waals surface area (Å²) < 4.78 is 0. The summed E-state index contributed by atoms with van der Waals surface area (Å²) in [5.74, 6) is 5.66. The number of carbonyl (C=O) groups is 1. The molecule has 0 fully saturated rings. The van der Waals surface area contributed by atoms with Crippen molar-refractivity contribution in [3.05, 3.63) is 56.8 Å². The molecule has 0 aliphatic rings. The van der Waals surface area contributed by atoms with Gasteiger partial charge in [-0.2, -0.15) is 0 Å². The summed E-state index contributed by atoms with van der Waals surface area (Å²) in [7, 11) is 0. The Kier molecular flexibility index (Phi) is 5.15. The van der Waals surface area contributed by atoms with Crippen LogP contribution in [0.25, 0.3) is 0 Å². The molecule has 1 amide bonds. The quantitative estimate of drug-likeness (QED) is 0.856. The molecular weight excluding hydrogens is 280 g/mol. The maximum Gasteiger partial charge on any atom is 0.252 e. The van der Waals surface area contributed by atoms with Gasteiger partial charge in [-0.05, 0) is 48.6 Å². The number of hydrogen-bond donors (Lipinski definition) is 2. The molecule has 2 rings (SSSR count). The lowest BCUT2D eigenvalue weighted by atomic mass is 10.0. The monoisotopic (exact) mass is 298 g/mol. The second-order valence-corrected chi connectivity index (χ2v) is 5.77. The van der Waals surface area contributed by atoms with Crippen LogP contribution in [0.5, 0.6) is 0 Å². The van der Waals surface area contributed by atoms with E-state index >= 15 is 0 Å². The summed E-state index contributed by atoms with van der Waals surface area (Å²) in [6, 6.07) is 7.69. The van der Waals surface area contributed by atoms with Crippen molar-refractivity contribution < 1.29 is 4.79 Å². The minimum Gasteiger partial charge on any atom is -0.347 e. The zero-order valence-electron chi connectivity index (χ0n) is 12.2. The fourth-order valence-corrected chi connectivity index (χ4v) is 2.79. The van der Waals surface area contributed by atoms with Crippen molar-refractivity contribution in [2.45, 2.75) is 20.4 Å². The van der Waals surface area contributed by atoms with E-state index in [4.69, 9.17) is 5.73 Å². The third kappa shape index (κ3) is 3.94. The Hall–Kier alpha value is -2.09. The molecule has 108 valence electrons. The highest BCUT2D eigenvalue weighted by molar-refractivity contribution is 7.10. The number of carbonyl (C=O) groups excluding carboxylic acids is 1. The van der Waals surface area contributed by atoms with Crippen molar-refractivity contribution >= 4 is 17.2 Å². The summed E-state index contributed by atoms with van der Waals surface area (Å²) in [4.78, 5) is 13.5. The SMILES string of the molecule is Cc1ccc(C(=O)NCc2sccc2C)c(C#CCN)c1. The average Bonchev–Trinajstić information content (AvgIpc) is 2.88. The molecule has 4 heteroatoms. The number of hydrogen-bond acceptors (Lipinski definition) is 3. The standard InChI is InChI=1S/C17H18N2OS/c1-12-5-6-15(14(10-12)4-3-8-18)17(20)19-11-16-13(2)7-9-21-16/h5-7,9-10H,8,11,18H2,1-2H3,(H,19,20). The van der Waals surface area contributed by atoms with Gasteiger partial charge in [0, 0.05) is 10.4 Å². The highest BCUT2D eigenvalue weighted by atomic mass is 32.1. The lowest BCUT2D eigenvalue weighted by Crippen LogP contribution is -2.23. The van der Waals surface area contributed by atoms with Crippen LogP contribution in [-0.2, 0) is 6.54 Å². The first-order chi connectivity index (χ1) is 10.1. The minimum atomic E-state index is -0.107. The smallest absolute Gasteiger partial charge is 0.252 e. The van der Waals surface area contributed by atoms with Gasteiger partial charge in [0.15, 0.2) is 0 Å². The van der Waals surface area contributed by atoms with Crippen LogP contribution in [-0.4, -0.2) is 12.5 Å². The first-order valence-corrected chi connectivity index (χ1v) is 7.60. The highest BCUT2D eigenvalue weighted by Crippen LogP contribution is 2.16. The van der Waals surface area contributed by atoms with E-state index in [0.29, 0.717) is 12.1 Å². The van der Waals surface area contributed by atoms with Gasteiger partial charge >= 0.3 is 0 Å². The molecule has 3 N–H and O–H groups in total. The van der Waals surface area contributed by atoms with Gasteiger partial charge in [-0.3, -0.25) is 4.79 Å². The van der Waals surface area contributed by atoms with Crippen molar-refractivity contribution in [2.24, 2.45) is 5.73 Å². The van der Waals surface area contributed by atoms with Crippen LogP contribution in [0.4, 0.5) is 0 Å². The molecule has 3 nitrogen and oxygen atoms in total. The molecule has 0 saturated heterocycles. The molecule has 2 aromatic rings. The Labute approximate surface area is 129 Å². The van der Waals surface area contributed by atoms with Crippen molar-refractivity contribution in [1.82, 2.24) is 5.32 Å². The van der Waals surface area contributed by atoms with Crippen LogP contribution in [0.2, 0.25) is 0 Å². The van der Waals surface area contributed by atoms with E-state index in [9.17, 15) is 4.79 Å². The van der Waals surface area contributed by atoms with E-state index in [2.05, 4.69) is 23.2 Å². The second kappa shape index (κ2) is 7.07. The normalized spacial score (nSPS) is 9.86. The predicted molar refractivity (Wildman–Crippen MR) is 87.3 cm³/mol. The maximum absolute atomic E-state index is 12.3. The van der Waals surface area contributed by atoms with E-state index in [1.807, 2.05) is 37.4 Å². The highest BCUT2D eigenvalue weighted by Gasteiger charge is 2.11. The van der Waals surface area contributed by atoms with Gasteiger partial charge in [0.1, 0.15) is 0 Å². The number of aryl methyl sites for hydroxylation is 2. The van der Waals surface area contributed by atoms with Gasteiger partial charge in [-0.1, -0.05) is 17.9 Å². The lowest BCUT2D eigenvalue weighted by molar-refractivity contribution is 0.0951. The molecule has 1 heterocycles. The average molecular weight is 298 g/mol. The molecular formula is C17H18N2OS. The van der Waals surface area contributed by atoms with Crippen LogP contribution >= 0.6 is 11.3 Å². The largest absolute Gasteiger partial charge is 0.347 e. The molecule has 0 spiro atoms. The number of benzene rings is 1. The summed E-state index contributed by atoms with van der Waals surface area (Å²) >= 11 is 1.65. The number of rotatable bonds is 3. The second-order valence-electron chi connectivity index (χ2n) is 4.76. The van der Waals surface area contributed by atoms with Crippen molar-refractivity contribution in [2.75, 3.05) is 6.54 Å².